The first-order valence-electron chi connectivity index (χ1n) is 9.88. The summed E-state index contributed by atoms with van der Waals surface area (Å²) in [5.74, 6) is 0.382. The summed E-state index contributed by atoms with van der Waals surface area (Å²) in [5, 5.41) is 2.88. The van der Waals surface area contributed by atoms with E-state index in [9.17, 15) is 9.59 Å². The number of rotatable bonds is 5. The van der Waals surface area contributed by atoms with Gasteiger partial charge in [-0.2, -0.15) is 0 Å². The molecule has 1 aliphatic heterocycles. The van der Waals surface area contributed by atoms with Crippen molar-refractivity contribution in [3.05, 3.63) is 54.1 Å². The molecule has 0 saturated carbocycles. The topological polar surface area (TPSA) is 61.9 Å². The average molecular weight is 396 g/mol. The molecule has 1 fully saturated rings. The first-order valence-corrected chi connectivity index (χ1v) is 9.88. The third-order valence-electron chi connectivity index (χ3n) is 5.37. The van der Waals surface area contributed by atoms with Gasteiger partial charge in [0.15, 0.2) is 0 Å². The van der Waals surface area contributed by atoms with Gasteiger partial charge in [-0.3, -0.25) is 9.59 Å². The summed E-state index contributed by atoms with van der Waals surface area (Å²) in [6, 6.07) is 15.5. The number of ether oxygens (including phenoxy) is 1. The molecule has 2 aromatic carbocycles. The van der Waals surface area contributed by atoms with Crippen molar-refractivity contribution >= 4 is 23.2 Å². The second-order valence-corrected chi connectivity index (χ2v) is 7.90. The summed E-state index contributed by atoms with van der Waals surface area (Å²) in [6.07, 6.45) is 0. The van der Waals surface area contributed by atoms with Gasteiger partial charge >= 0.3 is 0 Å². The van der Waals surface area contributed by atoms with Crippen LogP contribution in [0.4, 0.5) is 11.4 Å². The van der Waals surface area contributed by atoms with E-state index >= 15 is 0 Å². The van der Waals surface area contributed by atoms with Crippen LogP contribution in [0.15, 0.2) is 48.5 Å². The minimum absolute atomic E-state index is 0.151. The third kappa shape index (κ3) is 4.53. The minimum Gasteiger partial charge on any atom is -0.495 e. The van der Waals surface area contributed by atoms with E-state index in [0.717, 1.165) is 17.0 Å². The maximum absolute atomic E-state index is 13.1. The molecule has 0 aromatic heterocycles. The molecule has 0 unspecified atom stereocenters. The van der Waals surface area contributed by atoms with Crippen LogP contribution in [0.25, 0.3) is 0 Å². The Morgan fingerprint density at radius 3 is 2.34 bits per heavy atom. The molecule has 154 valence electrons. The Morgan fingerprint density at radius 2 is 1.69 bits per heavy atom. The van der Waals surface area contributed by atoms with Crippen LogP contribution in [0.2, 0.25) is 0 Å². The molecule has 0 radical (unpaired) electrons. The zero-order chi connectivity index (χ0) is 21.0. The Hall–Kier alpha value is -3.02. The van der Waals surface area contributed by atoms with Crippen molar-refractivity contribution in [1.29, 1.82) is 0 Å². The van der Waals surface area contributed by atoms with E-state index in [1.54, 1.807) is 25.9 Å². The average Bonchev–Trinajstić information content (AvgIpc) is 2.73. The van der Waals surface area contributed by atoms with Crippen LogP contribution in [-0.4, -0.2) is 50.0 Å². The number of para-hydroxylation sites is 2. The van der Waals surface area contributed by atoms with Crippen molar-refractivity contribution in [2.45, 2.75) is 20.8 Å². The fraction of sp³-hybridized carbons (Fsp3) is 0.391. The van der Waals surface area contributed by atoms with E-state index in [1.165, 1.54) is 0 Å². The summed E-state index contributed by atoms with van der Waals surface area (Å²) in [5.41, 5.74) is 1.64. The summed E-state index contributed by atoms with van der Waals surface area (Å²) >= 11 is 0. The second kappa shape index (κ2) is 8.55. The lowest BCUT2D eigenvalue weighted by Crippen LogP contribution is -2.54. The number of nitrogens with zero attached hydrogens (tertiary/aromatic N) is 2. The smallest absolute Gasteiger partial charge is 0.239 e. The molecule has 1 N–H and O–H groups in total. The van der Waals surface area contributed by atoms with Crippen molar-refractivity contribution in [2.24, 2.45) is 5.41 Å². The van der Waals surface area contributed by atoms with Gasteiger partial charge in [-0.15, -0.1) is 0 Å². The van der Waals surface area contributed by atoms with Gasteiger partial charge in [0.05, 0.1) is 12.8 Å². The van der Waals surface area contributed by atoms with Gasteiger partial charge in [0.25, 0.3) is 0 Å². The predicted octanol–water partition coefficient (Wildman–Crippen LogP) is 3.32. The number of carbonyl (C=O) groups excluding carboxylic acids is 2. The van der Waals surface area contributed by atoms with E-state index in [4.69, 9.17) is 4.74 Å². The lowest BCUT2D eigenvalue weighted by molar-refractivity contribution is -0.146. The van der Waals surface area contributed by atoms with E-state index in [-0.39, 0.29) is 11.8 Å². The number of anilines is 2. The van der Waals surface area contributed by atoms with Crippen molar-refractivity contribution in [2.75, 3.05) is 43.5 Å². The van der Waals surface area contributed by atoms with Crippen LogP contribution >= 0.6 is 0 Å². The Balaban J connectivity index is 1.63. The van der Waals surface area contributed by atoms with Gasteiger partial charge in [0.2, 0.25) is 11.8 Å². The number of methoxy groups -OCH3 is 1. The Kier molecular flexibility index (Phi) is 6.11. The molecule has 6 nitrogen and oxygen atoms in total. The Bertz CT molecular complexity index is 886. The molecule has 1 saturated heterocycles. The van der Waals surface area contributed by atoms with Gasteiger partial charge in [-0.25, -0.2) is 0 Å². The van der Waals surface area contributed by atoms with E-state index in [1.807, 2.05) is 55.5 Å². The number of benzene rings is 2. The largest absolute Gasteiger partial charge is 0.495 e. The Labute approximate surface area is 172 Å². The normalized spacial score (nSPS) is 14.5. The monoisotopic (exact) mass is 395 g/mol. The van der Waals surface area contributed by atoms with Gasteiger partial charge in [-0.05, 0) is 50.6 Å². The molecule has 2 amide bonds. The van der Waals surface area contributed by atoms with E-state index in [2.05, 4.69) is 10.2 Å². The van der Waals surface area contributed by atoms with Gasteiger partial charge in [0, 0.05) is 31.9 Å². The number of carbonyl (C=O) groups is 2. The second-order valence-electron chi connectivity index (χ2n) is 7.90. The first kappa shape index (κ1) is 20.7. The quantitative estimate of drug-likeness (QED) is 0.789. The zero-order valence-corrected chi connectivity index (χ0v) is 17.6. The summed E-state index contributed by atoms with van der Waals surface area (Å²) in [4.78, 5) is 29.9. The summed E-state index contributed by atoms with van der Waals surface area (Å²) in [6.45, 7) is 7.87. The minimum atomic E-state index is -1.14. The van der Waals surface area contributed by atoms with Crippen LogP contribution in [0.3, 0.4) is 0 Å². The fourth-order valence-corrected chi connectivity index (χ4v) is 3.54. The lowest BCUT2D eigenvalue weighted by atomic mass is 9.89. The first-order chi connectivity index (χ1) is 13.8. The highest BCUT2D eigenvalue weighted by molar-refractivity contribution is 6.09. The highest BCUT2D eigenvalue weighted by atomic mass is 16.5. The van der Waals surface area contributed by atoms with Crippen molar-refractivity contribution in [3.8, 4) is 5.75 Å². The highest BCUT2D eigenvalue weighted by Crippen LogP contribution is 2.29. The maximum Gasteiger partial charge on any atom is 0.239 e. The number of hydrogen-bond acceptors (Lipinski definition) is 4. The molecule has 2 aromatic rings. The van der Waals surface area contributed by atoms with E-state index < -0.39 is 5.41 Å². The lowest BCUT2D eigenvalue weighted by Gasteiger charge is -2.39. The molecule has 29 heavy (non-hydrogen) atoms. The molecule has 3 rings (SSSR count). The molecule has 6 heteroatoms. The van der Waals surface area contributed by atoms with Crippen molar-refractivity contribution < 1.29 is 14.3 Å². The number of amides is 2. The standard InChI is InChI=1S/C23H29N3O3/c1-17-8-7-9-18(16-17)24-21(27)23(2,3)22(28)26-14-12-25(13-15-26)19-10-5-6-11-20(19)29-4/h5-11,16H,12-15H2,1-4H3,(H,24,27). The summed E-state index contributed by atoms with van der Waals surface area (Å²) < 4.78 is 5.45. The molecule has 0 atom stereocenters. The SMILES string of the molecule is COc1ccccc1N1CCN(C(=O)C(C)(C)C(=O)Nc2cccc(C)c2)CC1. The van der Waals surface area contributed by atoms with Gasteiger partial charge < -0.3 is 19.9 Å². The van der Waals surface area contributed by atoms with Crippen LogP contribution in [0.5, 0.6) is 5.75 Å². The highest BCUT2D eigenvalue weighted by Gasteiger charge is 2.40. The van der Waals surface area contributed by atoms with Gasteiger partial charge in [-0.1, -0.05) is 24.3 Å². The summed E-state index contributed by atoms with van der Waals surface area (Å²) in [7, 11) is 1.66. The number of nitrogens with one attached hydrogen (secondary N) is 1. The van der Waals surface area contributed by atoms with Gasteiger partial charge in [0.1, 0.15) is 11.2 Å². The molecule has 0 spiro atoms. The molecule has 1 aliphatic rings. The van der Waals surface area contributed by atoms with Crippen molar-refractivity contribution in [1.82, 2.24) is 4.90 Å². The molecule has 1 heterocycles. The predicted molar refractivity (Wildman–Crippen MR) is 115 cm³/mol. The van der Waals surface area contributed by atoms with E-state index in [0.29, 0.717) is 31.9 Å². The van der Waals surface area contributed by atoms with Crippen LogP contribution in [-0.2, 0) is 9.59 Å². The van der Waals surface area contributed by atoms with Crippen molar-refractivity contribution in [3.63, 3.8) is 0 Å². The molecule has 0 bridgehead atoms. The fourth-order valence-electron chi connectivity index (χ4n) is 3.54. The Morgan fingerprint density at radius 1 is 1.00 bits per heavy atom. The molecular weight excluding hydrogens is 366 g/mol. The maximum atomic E-state index is 13.1. The molecule has 0 aliphatic carbocycles. The molecular formula is C23H29N3O3. The van der Waals surface area contributed by atoms with Crippen LogP contribution < -0.4 is 15.0 Å². The number of aryl methyl sites for hydroxylation is 1. The number of hydrogen-bond donors (Lipinski definition) is 1. The van der Waals surface area contributed by atoms with Crippen LogP contribution in [0.1, 0.15) is 19.4 Å². The van der Waals surface area contributed by atoms with Crippen LogP contribution in [0, 0.1) is 12.3 Å². The number of piperazine rings is 1. The zero-order valence-electron chi connectivity index (χ0n) is 17.6. The third-order valence-corrected chi connectivity index (χ3v) is 5.37.